The number of aryl methyl sites for hydroxylation is 1. The zero-order valence-corrected chi connectivity index (χ0v) is 19.9. The van der Waals surface area contributed by atoms with Gasteiger partial charge in [0.25, 0.3) is 5.65 Å². The Bertz CT molecular complexity index is 1120. The minimum Gasteiger partial charge on any atom is -0.497 e. The molecule has 0 spiro atoms. The zero-order valence-electron chi connectivity index (χ0n) is 19.9. The number of nitrogens with two attached hydrogens (primary N) is 1. The quantitative estimate of drug-likeness (QED) is 0.310. The second-order valence-electron chi connectivity index (χ2n) is 9.10. The van der Waals surface area contributed by atoms with Crippen molar-refractivity contribution in [1.29, 1.82) is 0 Å². The van der Waals surface area contributed by atoms with E-state index in [9.17, 15) is 4.79 Å². The molecule has 2 N–H and O–H groups in total. The molecule has 0 aliphatic heterocycles. The highest BCUT2D eigenvalue weighted by atomic mass is 16.5. The fourth-order valence-electron chi connectivity index (χ4n) is 3.40. The number of nitrogen functional groups attached to an aromatic ring is 1. The van der Waals surface area contributed by atoms with E-state index in [1.54, 1.807) is 13.2 Å². The summed E-state index contributed by atoms with van der Waals surface area (Å²) < 4.78 is 14.2. The summed E-state index contributed by atoms with van der Waals surface area (Å²) in [5.74, 6) is 1.31. The van der Waals surface area contributed by atoms with E-state index in [2.05, 4.69) is 37.9 Å². The van der Waals surface area contributed by atoms with Crippen molar-refractivity contribution >= 4 is 17.4 Å². The first-order valence-electron chi connectivity index (χ1n) is 11.1. The van der Waals surface area contributed by atoms with E-state index in [0.717, 1.165) is 30.4 Å². The minimum absolute atomic E-state index is 0.00191. The van der Waals surface area contributed by atoms with Gasteiger partial charge < -0.3 is 9.47 Å². The highest BCUT2D eigenvalue weighted by Crippen LogP contribution is 2.28. The van der Waals surface area contributed by atoms with Gasteiger partial charge in [0, 0.05) is 17.2 Å². The van der Waals surface area contributed by atoms with Gasteiger partial charge >= 0.3 is 5.95 Å². The summed E-state index contributed by atoms with van der Waals surface area (Å²) in [6, 6.07) is 7.45. The van der Waals surface area contributed by atoms with Crippen molar-refractivity contribution in [1.82, 2.24) is 14.7 Å². The molecule has 0 bridgehead atoms. The molecular formula is C24H34N5O3+. The number of fused-ring (bicyclic) bond motifs is 1. The summed E-state index contributed by atoms with van der Waals surface area (Å²) in [7, 11) is 1.60. The van der Waals surface area contributed by atoms with Crippen LogP contribution in [-0.2, 0) is 12.0 Å². The molecule has 0 saturated heterocycles. The van der Waals surface area contributed by atoms with Crippen molar-refractivity contribution in [3.63, 3.8) is 0 Å². The van der Waals surface area contributed by atoms with Gasteiger partial charge in [-0.3, -0.25) is 10.5 Å². The third-order valence-electron chi connectivity index (χ3n) is 5.41. The average molecular weight is 441 g/mol. The Morgan fingerprint density at radius 3 is 2.59 bits per heavy atom. The Morgan fingerprint density at radius 1 is 1.19 bits per heavy atom. The van der Waals surface area contributed by atoms with Crippen LogP contribution >= 0.6 is 0 Å². The Hall–Kier alpha value is -3.16. The average Bonchev–Trinajstić information content (AvgIpc) is 3.06. The number of Topliss-reactive ketones (excluding diaryl/α,β-unsaturated/α-hetero) is 1. The maximum atomic E-state index is 13.1. The summed E-state index contributed by atoms with van der Waals surface area (Å²) in [6.07, 6.45) is 3.21. The van der Waals surface area contributed by atoms with Gasteiger partial charge in [-0.05, 0) is 42.5 Å². The summed E-state index contributed by atoms with van der Waals surface area (Å²) in [6.45, 7) is 11.0. The maximum Gasteiger partial charge on any atom is 0.401 e. The first kappa shape index (κ1) is 23.5. The van der Waals surface area contributed by atoms with Gasteiger partial charge in [0.2, 0.25) is 5.88 Å². The molecule has 3 rings (SSSR count). The number of ketones is 1. The van der Waals surface area contributed by atoms with Crippen LogP contribution in [-0.4, -0.2) is 34.2 Å². The van der Waals surface area contributed by atoms with Crippen LogP contribution in [0.1, 0.15) is 68.4 Å². The lowest BCUT2D eigenvalue weighted by Gasteiger charge is -2.20. The fraction of sp³-hybridized carbons (Fsp3) is 0.500. The van der Waals surface area contributed by atoms with Crippen LogP contribution in [0.25, 0.3) is 5.65 Å². The third kappa shape index (κ3) is 5.18. The number of carbonyl (C=O) groups is 1. The van der Waals surface area contributed by atoms with Crippen molar-refractivity contribution in [2.24, 2.45) is 0 Å². The lowest BCUT2D eigenvalue weighted by Crippen LogP contribution is -2.42. The molecule has 8 nitrogen and oxygen atoms in total. The number of aromatic nitrogens is 4. The summed E-state index contributed by atoms with van der Waals surface area (Å²) in [4.78, 5) is 13.1. The Labute approximate surface area is 189 Å². The Kier molecular flexibility index (Phi) is 7.01. The van der Waals surface area contributed by atoms with Crippen LogP contribution in [0, 0.1) is 6.92 Å². The first-order chi connectivity index (χ1) is 15.1. The van der Waals surface area contributed by atoms with Crippen LogP contribution in [0.3, 0.4) is 0 Å². The Morgan fingerprint density at radius 2 is 1.94 bits per heavy atom. The van der Waals surface area contributed by atoms with Crippen molar-refractivity contribution in [3.05, 3.63) is 41.0 Å². The first-order valence-corrected chi connectivity index (χ1v) is 11.1. The van der Waals surface area contributed by atoms with Gasteiger partial charge in [-0.25, -0.2) is 0 Å². The third-order valence-corrected chi connectivity index (χ3v) is 5.41. The molecule has 8 heteroatoms. The summed E-state index contributed by atoms with van der Waals surface area (Å²) in [5, 5.41) is 8.99. The van der Waals surface area contributed by atoms with Crippen LogP contribution < -0.4 is 19.9 Å². The normalized spacial score (nSPS) is 11.7. The zero-order chi connectivity index (χ0) is 23.5. The molecular weight excluding hydrogens is 406 g/mol. The van der Waals surface area contributed by atoms with Crippen LogP contribution in [0.4, 0.5) is 5.95 Å². The SMILES string of the molecule is CCCCCOc1cc(C)c2n[n+](CC(=O)c3cc(OC)cc(C(C)(C)C)c3)c(N)n2n1. The van der Waals surface area contributed by atoms with Crippen LogP contribution in [0.2, 0.25) is 0 Å². The number of ether oxygens (including phenoxy) is 2. The topological polar surface area (TPSA) is 95.6 Å². The molecule has 0 amide bonds. The van der Waals surface area contributed by atoms with Crippen molar-refractivity contribution in [2.45, 2.75) is 65.8 Å². The fourth-order valence-corrected chi connectivity index (χ4v) is 3.40. The van der Waals surface area contributed by atoms with Gasteiger partial charge in [0.15, 0.2) is 12.3 Å². The highest BCUT2D eigenvalue weighted by Gasteiger charge is 2.24. The van der Waals surface area contributed by atoms with Crippen LogP contribution in [0.15, 0.2) is 24.3 Å². The van der Waals surface area contributed by atoms with E-state index in [-0.39, 0.29) is 23.7 Å². The summed E-state index contributed by atoms with van der Waals surface area (Å²) in [5.41, 5.74) is 9.24. The van der Waals surface area contributed by atoms with Gasteiger partial charge in [-0.2, -0.15) is 0 Å². The second kappa shape index (κ2) is 9.54. The number of nitrogens with zero attached hydrogens (tertiary/aromatic N) is 4. The molecule has 3 aromatic rings. The lowest BCUT2D eigenvalue weighted by molar-refractivity contribution is -0.723. The number of rotatable bonds is 9. The van der Waals surface area contributed by atoms with Crippen LogP contribution in [0.5, 0.6) is 11.6 Å². The molecule has 32 heavy (non-hydrogen) atoms. The number of methoxy groups -OCH3 is 1. The number of hydrogen-bond donors (Lipinski definition) is 1. The number of anilines is 1. The van der Waals surface area contributed by atoms with Crippen molar-refractivity contribution in [2.75, 3.05) is 19.5 Å². The number of hydrogen-bond acceptors (Lipinski definition) is 6. The van der Waals surface area contributed by atoms with Crippen molar-refractivity contribution < 1.29 is 19.0 Å². The molecule has 0 aliphatic rings. The highest BCUT2D eigenvalue weighted by molar-refractivity contribution is 5.95. The number of unbranched alkanes of at least 4 members (excludes halogenated alkanes) is 2. The van der Waals surface area contributed by atoms with Gasteiger partial charge in [0.05, 0.1) is 13.7 Å². The number of benzene rings is 1. The molecule has 0 aliphatic carbocycles. The smallest absolute Gasteiger partial charge is 0.401 e. The van der Waals surface area contributed by atoms with Gasteiger partial charge in [-0.1, -0.05) is 55.2 Å². The van der Waals surface area contributed by atoms with Crippen molar-refractivity contribution in [3.8, 4) is 11.6 Å². The van der Waals surface area contributed by atoms with Gasteiger partial charge in [0.1, 0.15) is 5.75 Å². The van der Waals surface area contributed by atoms with E-state index in [0.29, 0.717) is 29.4 Å². The molecule has 0 radical (unpaired) electrons. The van der Waals surface area contributed by atoms with E-state index < -0.39 is 0 Å². The Balaban J connectivity index is 1.88. The molecule has 0 atom stereocenters. The van der Waals surface area contributed by atoms with Gasteiger partial charge in [-0.15, -0.1) is 4.68 Å². The predicted octanol–water partition coefficient (Wildman–Crippen LogP) is 3.67. The molecule has 0 saturated carbocycles. The minimum atomic E-state index is -0.118. The number of carbonyl (C=O) groups excluding carboxylic acids is 1. The van der Waals surface area contributed by atoms with E-state index >= 15 is 0 Å². The lowest BCUT2D eigenvalue weighted by atomic mass is 9.85. The molecule has 0 fully saturated rings. The second-order valence-corrected chi connectivity index (χ2v) is 9.10. The largest absolute Gasteiger partial charge is 0.497 e. The summed E-state index contributed by atoms with van der Waals surface area (Å²) >= 11 is 0. The maximum absolute atomic E-state index is 13.1. The standard InChI is InChI=1S/C24H33N5O3/c1-7-8-9-10-32-21-11-16(2)22-27-28(23(25)29(22)26-21)15-20(30)17-12-18(24(3,4)5)14-19(13-17)31-6/h11-14,25H,7-10,15H2,1-6H3/p+1. The van der Waals surface area contributed by atoms with E-state index in [1.165, 1.54) is 9.20 Å². The van der Waals surface area contributed by atoms with E-state index in [1.807, 2.05) is 25.1 Å². The molecule has 0 unspecified atom stereocenters. The monoisotopic (exact) mass is 440 g/mol. The predicted molar refractivity (Wildman–Crippen MR) is 123 cm³/mol. The molecule has 1 aromatic carbocycles. The molecule has 2 aromatic heterocycles. The molecule has 172 valence electrons. The molecule has 2 heterocycles. The van der Waals surface area contributed by atoms with E-state index in [4.69, 9.17) is 15.2 Å².